The van der Waals surface area contributed by atoms with E-state index in [9.17, 15) is 13.2 Å². The van der Waals surface area contributed by atoms with Gasteiger partial charge in [-0.2, -0.15) is 5.10 Å². The number of carbonyl (C=O) groups is 1. The van der Waals surface area contributed by atoms with Crippen molar-refractivity contribution in [2.24, 2.45) is 11.7 Å². The number of nitrogens with two attached hydrogens (primary N) is 1. The van der Waals surface area contributed by atoms with Crippen LogP contribution in [0.2, 0.25) is 0 Å². The SMILES string of the molecule is CCOC(=O)c1cn[nH]c1S(=O)(=O)NC(CN)CC(C)C. The summed E-state index contributed by atoms with van der Waals surface area (Å²) in [5, 5.41) is 5.63. The van der Waals surface area contributed by atoms with Crippen molar-refractivity contribution in [1.29, 1.82) is 0 Å². The fraction of sp³-hybridized carbons (Fsp3) is 0.667. The molecule has 0 radical (unpaired) electrons. The lowest BCUT2D eigenvalue weighted by atomic mass is 10.1. The highest BCUT2D eigenvalue weighted by Crippen LogP contribution is 2.15. The number of carbonyl (C=O) groups excluding carboxylic acids is 1. The molecule has 0 fully saturated rings. The molecule has 4 N–H and O–H groups in total. The number of hydrogen-bond acceptors (Lipinski definition) is 6. The van der Waals surface area contributed by atoms with Crippen LogP contribution in [0, 0.1) is 5.92 Å². The van der Waals surface area contributed by atoms with Crippen molar-refractivity contribution in [3.05, 3.63) is 11.8 Å². The van der Waals surface area contributed by atoms with E-state index in [1.807, 2.05) is 13.8 Å². The number of esters is 1. The maximum atomic E-state index is 12.3. The summed E-state index contributed by atoms with van der Waals surface area (Å²) in [6.45, 7) is 5.89. The molecule has 1 aromatic heterocycles. The summed E-state index contributed by atoms with van der Waals surface area (Å²) in [6, 6.07) is -0.409. The quantitative estimate of drug-likeness (QED) is 0.589. The van der Waals surface area contributed by atoms with E-state index >= 15 is 0 Å². The molecule has 120 valence electrons. The van der Waals surface area contributed by atoms with Crippen LogP contribution in [-0.4, -0.2) is 43.8 Å². The second-order valence-corrected chi connectivity index (χ2v) is 6.67. The van der Waals surface area contributed by atoms with E-state index in [4.69, 9.17) is 10.5 Å². The number of aromatic amines is 1. The molecule has 1 aromatic rings. The van der Waals surface area contributed by atoms with E-state index in [1.165, 1.54) is 0 Å². The third-order valence-electron chi connectivity index (χ3n) is 2.73. The Morgan fingerprint density at radius 1 is 1.52 bits per heavy atom. The lowest BCUT2D eigenvalue weighted by Gasteiger charge is -2.18. The average molecular weight is 318 g/mol. The number of hydrogen-bond donors (Lipinski definition) is 3. The zero-order valence-electron chi connectivity index (χ0n) is 12.4. The molecular formula is C12H22N4O4S. The maximum absolute atomic E-state index is 12.3. The molecule has 0 saturated carbocycles. The van der Waals surface area contributed by atoms with E-state index in [1.54, 1.807) is 6.92 Å². The fourth-order valence-electron chi connectivity index (χ4n) is 1.87. The highest BCUT2D eigenvalue weighted by atomic mass is 32.2. The number of ether oxygens (including phenoxy) is 1. The third-order valence-corrected chi connectivity index (χ3v) is 4.22. The predicted octanol–water partition coefficient (Wildman–Crippen LogP) is 0.238. The molecule has 1 rings (SSSR count). The van der Waals surface area contributed by atoms with Gasteiger partial charge in [0.1, 0.15) is 5.56 Å². The smallest absolute Gasteiger partial charge is 0.342 e. The van der Waals surface area contributed by atoms with Crippen molar-refractivity contribution in [1.82, 2.24) is 14.9 Å². The molecular weight excluding hydrogens is 296 g/mol. The fourth-order valence-corrected chi connectivity index (χ4v) is 3.22. The lowest BCUT2D eigenvalue weighted by Crippen LogP contribution is -2.41. The molecule has 0 bridgehead atoms. The number of sulfonamides is 1. The van der Waals surface area contributed by atoms with Crippen LogP contribution in [0.4, 0.5) is 0 Å². The standard InChI is InChI=1S/C12H22N4O4S/c1-4-20-12(17)10-7-14-15-11(10)21(18,19)16-9(6-13)5-8(2)3/h7-9,16H,4-6,13H2,1-3H3,(H,14,15). The number of rotatable bonds is 8. The summed E-state index contributed by atoms with van der Waals surface area (Å²) < 4.78 is 31.9. The summed E-state index contributed by atoms with van der Waals surface area (Å²) in [4.78, 5) is 11.7. The first kappa shape index (κ1) is 17.6. The van der Waals surface area contributed by atoms with Gasteiger partial charge < -0.3 is 10.5 Å². The highest BCUT2D eigenvalue weighted by Gasteiger charge is 2.28. The summed E-state index contributed by atoms with van der Waals surface area (Å²) >= 11 is 0. The first-order valence-electron chi connectivity index (χ1n) is 6.74. The molecule has 0 aliphatic carbocycles. The van der Waals surface area contributed by atoms with Crippen molar-refractivity contribution in [2.45, 2.75) is 38.3 Å². The van der Waals surface area contributed by atoms with Crippen molar-refractivity contribution in [3.8, 4) is 0 Å². The molecule has 0 spiro atoms. The minimum atomic E-state index is -3.92. The Balaban J connectivity index is 2.98. The normalized spacial score (nSPS) is 13.4. The maximum Gasteiger partial charge on any atom is 0.342 e. The number of H-pyrrole nitrogens is 1. The first-order valence-corrected chi connectivity index (χ1v) is 8.23. The molecule has 0 aromatic carbocycles. The van der Waals surface area contributed by atoms with Crippen molar-refractivity contribution in [2.75, 3.05) is 13.2 Å². The van der Waals surface area contributed by atoms with Gasteiger partial charge in [-0.25, -0.2) is 17.9 Å². The van der Waals surface area contributed by atoms with E-state index < -0.39 is 22.0 Å². The van der Waals surface area contributed by atoms with E-state index in [2.05, 4.69) is 14.9 Å². The monoisotopic (exact) mass is 318 g/mol. The van der Waals surface area contributed by atoms with Gasteiger partial charge >= 0.3 is 5.97 Å². The minimum Gasteiger partial charge on any atom is -0.462 e. The van der Waals surface area contributed by atoms with Crippen LogP contribution >= 0.6 is 0 Å². The highest BCUT2D eigenvalue weighted by molar-refractivity contribution is 7.89. The topological polar surface area (TPSA) is 127 Å². The first-order chi connectivity index (χ1) is 9.81. The molecule has 9 heteroatoms. The van der Waals surface area contributed by atoms with Crippen molar-refractivity contribution in [3.63, 3.8) is 0 Å². The second-order valence-electron chi connectivity index (χ2n) is 5.02. The Morgan fingerprint density at radius 3 is 2.71 bits per heavy atom. The Hall–Kier alpha value is -1.45. The zero-order chi connectivity index (χ0) is 16.0. The number of nitrogens with zero attached hydrogens (tertiary/aromatic N) is 1. The Kier molecular flexibility index (Phi) is 6.31. The number of nitrogens with one attached hydrogen (secondary N) is 2. The van der Waals surface area contributed by atoms with Gasteiger partial charge in [0.05, 0.1) is 12.8 Å². The summed E-state index contributed by atoms with van der Waals surface area (Å²) in [6.07, 6.45) is 1.73. The van der Waals surface area contributed by atoms with Crippen molar-refractivity contribution >= 4 is 16.0 Å². The van der Waals surface area contributed by atoms with Gasteiger partial charge in [0.25, 0.3) is 10.0 Å². The molecule has 0 amide bonds. The molecule has 1 atom stereocenters. The van der Waals surface area contributed by atoms with Crippen molar-refractivity contribution < 1.29 is 17.9 Å². The van der Waals surface area contributed by atoms with E-state index in [0.29, 0.717) is 6.42 Å². The van der Waals surface area contributed by atoms with Gasteiger partial charge in [0.2, 0.25) is 0 Å². The zero-order valence-corrected chi connectivity index (χ0v) is 13.2. The summed E-state index contributed by atoms with van der Waals surface area (Å²) in [5.74, 6) is -0.452. The van der Waals surface area contributed by atoms with Gasteiger partial charge in [0, 0.05) is 12.6 Å². The number of aromatic nitrogens is 2. The van der Waals surface area contributed by atoms with Gasteiger partial charge in [-0.15, -0.1) is 0 Å². The summed E-state index contributed by atoms with van der Waals surface area (Å²) in [5.41, 5.74) is 5.46. The van der Waals surface area contributed by atoms with Crippen LogP contribution in [-0.2, 0) is 14.8 Å². The van der Waals surface area contributed by atoms with Crippen LogP contribution in [0.25, 0.3) is 0 Å². The Labute approximate surface area is 124 Å². The largest absolute Gasteiger partial charge is 0.462 e. The Morgan fingerprint density at radius 2 is 2.19 bits per heavy atom. The van der Waals surface area contributed by atoms with Gasteiger partial charge in [-0.3, -0.25) is 5.10 Å². The van der Waals surface area contributed by atoms with E-state index in [-0.39, 0.29) is 29.7 Å². The minimum absolute atomic E-state index is 0.121. The lowest BCUT2D eigenvalue weighted by molar-refractivity contribution is 0.0522. The molecule has 1 unspecified atom stereocenters. The van der Waals surface area contributed by atoms with E-state index in [0.717, 1.165) is 6.20 Å². The van der Waals surface area contributed by atoms with Crippen LogP contribution in [0.1, 0.15) is 37.6 Å². The van der Waals surface area contributed by atoms with Gasteiger partial charge in [-0.05, 0) is 19.3 Å². The van der Waals surface area contributed by atoms with Crippen LogP contribution in [0.15, 0.2) is 11.2 Å². The van der Waals surface area contributed by atoms with Crippen LogP contribution in [0.5, 0.6) is 0 Å². The van der Waals surface area contributed by atoms with Crippen LogP contribution < -0.4 is 10.5 Å². The predicted molar refractivity (Wildman–Crippen MR) is 77.2 cm³/mol. The molecule has 1 heterocycles. The molecule has 8 nitrogen and oxygen atoms in total. The third kappa shape index (κ3) is 4.80. The Bertz CT molecular complexity index is 568. The molecule has 0 aliphatic heterocycles. The second kappa shape index (κ2) is 7.53. The molecule has 0 saturated heterocycles. The summed E-state index contributed by atoms with van der Waals surface area (Å²) in [7, 11) is -3.92. The van der Waals surface area contributed by atoms with Gasteiger partial charge in [-0.1, -0.05) is 13.8 Å². The van der Waals surface area contributed by atoms with Gasteiger partial charge in [0.15, 0.2) is 5.03 Å². The molecule has 21 heavy (non-hydrogen) atoms. The van der Waals surface area contributed by atoms with Crippen LogP contribution in [0.3, 0.4) is 0 Å². The average Bonchev–Trinajstić information content (AvgIpc) is 2.87. The molecule has 0 aliphatic rings.